The van der Waals surface area contributed by atoms with Gasteiger partial charge in [-0.05, 0) is 25.8 Å². The van der Waals surface area contributed by atoms with E-state index >= 15 is 0 Å². The number of aryl methyl sites for hydroxylation is 2. The van der Waals surface area contributed by atoms with E-state index in [0.717, 1.165) is 27.0 Å². The second kappa shape index (κ2) is 7.68. The molecule has 0 aliphatic heterocycles. The van der Waals surface area contributed by atoms with Crippen molar-refractivity contribution in [3.63, 3.8) is 0 Å². The van der Waals surface area contributed by atoms with Crippen LogP contribution in [0.1, 0.15) is 30.9 Å². The summed E-state index contributed by atoms with van der Waals surface area (Å²) in [7, 11) is 0. The molecule has 3 rings (SSSR count). The molecule has 0 bridgehead atoms. The summed E-state index contributed by atoms with van der Waals surface area (Å²) in [6.45, 7) is 5.04. The van der Waals surface area contributed by atoms with Gasteiger partial charge in [0, 0.05) is 18.1 Å². The lowest BCUT2D eigenvalue weighted by molar-refractivity contribution is 0.0749. The Hall–Kier alpha value is -2.05. The van der Waals surface area contributed by atoms with E-state index in [-0.39, 0.29) is 5.91 Å². The highest BCUT2D eigenvalue weighted by Gasteiger charge is 2.21. The largest absolute Gasteiger partial charge is 0.331 e. The first-order valence-corrected chi connectivity index (χ1v) is 9.48. The highest BCUT2D eigenvalue weighted by molar-refractivity contribution is 7.13. The molecule has 0 spiro atoms. The van der Waals surface area contributed by atoms with Gasteiger partial charge < -0.3 is 4.90 Å². The van der Waals surface area contributed by atoms with Crippen LogP contribution in [0.15, 0.2) is 41.9 Å². The topological polar surface area (TPSA) is 46.1 Å². The van der Waals surface area contributed by atoms with Gasteiger partial charge in [0.1, 0.15) is 9.88 Å². The summed E-state index contributed by atoms with van der Waals surface area (Å²) in [5.41, 5.74) is 2.04. The Morgan fingerprint density at radius 2 is 2.00 bits per heavy atom. The SMILES string of the molecule is Cc1nc(C)c(C(=O)N(CCc2ccccc2)Cc2nccs2)s1. The molecule has 0 aliphatic rings. The van der Waals surface area contributed by atoms with E-state index < -0.39 is 0 Å². The van der Waals surface area contributed by atoms with Crippen molar-refractivity contribution >= 4 is 28.6 Å². The molecule has 24 heavy (non-hydrogen) atoms. The minimum absolute atomic E-state index is 0.0456. The molecule has 0 unspecified atom stereocenters. The number of aromatic nitrogens is 2. The summed E-state index contributed by atoms with van der Waals surface area (Å²) in [6, 6.07) is 10.2. The fraction of sp³-hybridized carbons (Fsp3) is 0.278. The van der Waals surface area contributed by atoms with Crippen LogP contribution in [-0.4, -0.2) is 27.3 Å². The number of carbonyl (C=O) groups is 1. The quantitative estimate of drug-likeness (QED) is 0.667. The van der Waals surface area contributed by atoms with Crippen molar-refractivity contribution in [3.8, 4) is 0 Å². The average molecular weight is 358 g/mol. The Morgan fingerprint density at radius 1 is 1.21 bits per heavy atom. The van der Waals surface area contributed by atoms with E-state index in [9.17, 15) is 4.79 Å². The molecule has 3 aromatic rings. The van der Waals surface area contributed by atoms with Crippen LogP contribution in [0.5, 0.6) is 0 Å². The summed E-state index contributed by atoms with van der Waals surface area (Å²) in [6.07, 6.45) is 2.61. The van der Waals surface area contributed by atoms with Crippen LogP contribution in [-0.2, 0) is 13.0 Å². The maximum absolute atomic E-state index is 13.0. The van der Waals surface area contributed by atoms with Crippen LogP contribution in [0.3, 0.4) is 0 Å². The molecule has 0 fully saturated rings. The second-order valence-corrected chi connectivity index (χ2v) is 7.72. The number of nitrogens with zero attached hydrogens (tertiary/aromatic N) is 3. The number of thiazole rings is 2. The van der Waals surface area contributed by atoms with E-state index in [0.29, 0.717) is 13.1 Å². The number of carbonyl (C=O) groups excluding carboxylic acids is 1. The Kier molecular flexibility index (Phi) is 5.37. The number of hydrogen-bond donors (Lipinski definition) is 0. The minimum atomic E-state index is 0.0456. The smallest absolute Gasteiger partial charge is 0.266 e. The van der Waals surface area contributed by atoms with Crippen molar-refractivity contribution in [3.05, 3.63) is 68.1 Å². The number of rotatable bonds is 6. The third-order valence-corrected chi connectivity index (χ3v) is 5.53. The van der Waals surface area contributed by atoms with Crippen molar-refractivity contribution in [2.45, 2.75) is 26.8 Å². The first-order chi connectivity index (χ1) is 11.6. The van der Waals surface area contributed by atoms with Gasteiger partial charge in [-0.25, -0.2) is 9.97 Å². The van der Waals surface area contributed by atoms with E-state index in [4.69, 9.17) is 0 Å². The molecule has 0 saturated carbocycles. The molecular weight excluding hydrogens is 338 g/mol. The summed E-state index contributed by atoms with van der Waals surface area (Å²) in [4.78, 5) is 24.3. The van der Waals surface area contributed by atoms with Crippen molar-refractivity contribution in [2.24, 2.45) is 0 Å². The van der Waals surface area contributed by atoms with Gasteiger partial charge >= 0.3 is 0 Å². The summed E-state index contributed by atoms with van der Waals surface area (Å²) >= 11 is 3.04. The van der Waals surface area contributed by atoms with Crippen LogP contribution in [0.4, 0.5) is 0 Å². The van der Waals surface area contributed by atoms with Gasteiger partial charge in [-0.15, -0.1) is 22.7 Å². The molecule has 4 nitrogen and oxygen atoms in total. The Balaban J connectivity index is 1.78. The number of amides is 1. The van der Waals surface area contributed by atoms with Crippen molar-refractivity contribution in [1.82, 2.24) is 14.9 Å². The Labute approximate surface area is 149 Å². The predicted molar refractivity (Wildman–Crippen MR) is 98.6 cm³/mol. The van der Waals surface area contributed by atoms with Gasteiger partial charge in [-0.2, -0.15) is 0 Å². The van der Waals surface area contributed by atoms with Crippen molar-refractivity contribution in [1.29, 1.82) is 0 Å². The van der Waals surface area contributed by atoms with Crippen LogP contribution in [0.25, 0.3) is 0 Å². The molecule has 6 heteroatoms. The molecule has 2 heterocycles. The van der Waals surface area contributed by atoms with Gasteiger partial charge in [-0.3, -0.25) is 4.79 Å². The van der Waals surface area contributed by atoms with E-state index in [2.05, 4.69) is 22.1 Å². The van der Waals surface area contributed by atoms with Gasteiger partial charge in [0.05, 0.1) is 17.2 Å². The highest BCUT2D eigenvalue weighted by Crippen LogP contribution is 2.21. The number of hydrogen-bond acceptors (Lipinski definition) is 5. The third kappa shape index (κ3) is 4.07. The first-order valence-electron chi connectivity index (χ1n) is 7.79. The molecule has 1 aromatic carbocycles. The van der Waals surface area contributed by atoms with E-state index in [1.807, 2.05) is 42.3 Å². The average Bonchev–Trinajstić information content (AvgIpc) is 3.21. The highest BCUT2D eigenvalue weighted by atomic mass is 32.1. The third-order valence-electron chi connectivity index (χ3n) is 3.71. The van der Waals surface area contributed by atoms with Crippen LogP contribution >= 0.6 is 22.7 Å². The van der Waals surface area contributed by atoms with Crippen LogP contribution < -0.4 is 0 Å². The van der Waals surface area contributed by atoms with Gasteiger partial charge in [0.2, 0.25) is 0 Å². The monoisotopic (exact) mass is 357 g/mol. The molecule has 1 amide bonds. The second-order valence-electron chi connectivity index (χ2n) is 5.54. The maximum atomic E-state index is 13.0. The number of benzene rings is 1. The lowest BCUT2D eigenvalue weighted by atomic mass is 10.1. The van der Waals surface area contributed by atoms with Gasteiger partial charge in [0.15, 0.2) is 0 Å². The molecule has 0 radical (unpaired) electrons. The maximum Gasteiger partial charge on any atom is 0.266 e. The standard InChI is InChI=1S/C18H19N3OS2/c1-13-17(24-14(2)20-13)18(22)21(12-16-19-9-11-23-16)10-8-15-6-4-3-5-7-15/h3-7,9,11H,8,10,12H2,1-2H3. The van der Waals surface area contributed by atoms with E-state index in [1.54, 1.807) is 17.5 Å². The Bertz CT molecular complexity index is 797. The van der Waals surface area contributed by atoms with Crippen LogP contribution in [0.2, 0.25) is 0 Å². The molecule has 0 atom stereocenters. The Morgan fingerprint density at radius 3 is 2.62 bits per heavy atom. The minimum Gasteiger partial charge on any atom is -0.331 e. The summed E-state index contributed by atoms with van der Waals surface area (Å²) in [5.74, 6) is 0.0456. The zero-order valence-electron chi connectivity index (χ0n) is 13.7. The molecular formula is C18H19N3OS2. The zero-order chi connectivity index (χ0) is 16.9. The predicted octanol–water partition coefficient (Wildman–Crippen LogP) is 4.10. The van der Waals surface area contributed by atoms with Crippen LogP contribution in [0, 0.1) is 13.8 Å². The fourth-order valence-corrected chi connectivity index (χ4v) is 4.05. The molecule has 0 N–H and O–H groups in total. The van der Waals surface area contributed by atoms with E-state index in [1.165, 1.54) is 16.9 Å². The molecule has 124 valence electrons. The van der Waals surface area contributed by atoms with Gasteiger partial charge in [0.25, 0.3) is 5.91 Å². The zero-order valence-corrected chi connectivity index (χ0v) is 15.4. The lowest BCUT2D eigenvalue weighted by Gasteiger charge is -2.21. The normalized spacial score (nSPS) is 10.8. The molecule has 2 aromatic heterocycles. The molecule has 0 aliphatic carbocycles. The van der Waals surface area contributed by atoms with Crippen molar-refractivity contribution < 1.29 is 4.79 Å². The fourth-order valence-electron chi connectivity index (χ4n) is 2.53. The lowest BCUT2D eigenvalue weighted by Crippen LogP contribution is -2.32. The van der Waals surface area contributed by atoms with Crippen molar-refractivity contribution in [2.75, 3.05) is 6.54 Å². The first kappa shape index (κ1) is 16.8. The van der Waals surface area contributed by atoms with Gasteiger partial charge in [-0.1, -0.05) is 30.3 Å². The molecule has 0 saturated heterocycles. The summed E-state index contributed by atoms with van der Waals surface area (Å²) in [5, 5.41) is 3.82. The summed E-state index contributed by atoms with van der Waals surface area (Å²) < 4.78 is 0.